The third-order valence-corrected chi connectivity index (χ3v) is 0.985. The minimum absolute atomic E-state index is 0. The summed E-state index contributed by atoms with van der Waals surface area (Å²) in [5, 5.41) is 17.2. The number of carbonyl (C=O) groups is 1. The topological polar surface area (TPSA) is 89.0 Å². The number of halogens is 2. The van der Waals surface area contributed by atoms with Gasteiger partial charge < -0.3 is 15.0 Å². The van der Waals surface area contributed by atoms with E-state index in [2.05, 4.69) is 9.97 Å². The van der Waals surface area contributed by atoms with Crippen molar-refractivity contribution in [2.45, 2.75) is 0 Å². The molecule has 9 heteroatoms. The molecular weight excluding hydrogens is 285 g/mol. The summed E-state index contributed by atoms with van der Waals surface area (Å²) in [5.74, 6) is 0. The Labute approximate surface area is 175 Å². The number of aromatic nitrogens is 2. The molecule has 14 heavy (non-hydrogen) atoms. The summed E-state index contributed by atoms with van der Waals surface area (Å²) in [4.78, 5) is 15.5. The van der Waals surface area contributed by atoms with Crippen molar-refractivity contribution in [3.63, 3.8) is 0 Å². The van der Waals surface area contributed by atoms with Crippen molar-refractivity contribution in [1.29, 1.82) is 0 Å². The first-order valence-corrected chi connectivity index (χ1v) is 3.30. The van der Waals surface area contributed by atoms with Gasteiger partial charge >= 0.3 is 103 Å². The SMILES string of the molecule is Clc1ccnc(Cl)n1.O=C([O-])[O-].[K+].[K+]. The molecule has 1 rings (SSSR count). The molecule has 0 spiro atoms. The summed E-state index contributed by atoms with van der Waals surface area (Å²) in [6.45, 7) is 0. The number of hydrogen-bond donors (Lipinski definition) is 0. The number of carbonyl (C=O) groups excluding carboxylic acids is 1. The third kappa shape index (κ3) is 16.6. The smallest absolute Gasteiger partial charge is 0.652 e. The summed E-state index contributed by atoms with van der Waals surface area (Å²) < 4.78 is 0. The van der Waals surface area contributed by atoms with Gasteiger partial charge in [0.25, 0.3) is 0 Å². The second-order valence-corrected chi connectivity index (χ2v) is 2.12. The summed E-state index contributed by atoms with van der Waals surface area (Å²) in [5.41, 5.74) is 0. The zero-order chi connectivity index (χ0) is 9.56. The molecule has 0 aliphatic carbocycles. The first-order valence-electron chi connectivity index (χ1n) is 2.54. The Morgan fingerprint density at radius 3 is 1.93 bits per heavy atom. The quantitative estimate of drug-likeness (QED) is 0.269. The van der Waals surface area contributed by atoms with Crippen molar-refractivity contribution in [2.24, 2.45) is 0 Å². The second-order valence-electron chi connectivity index (χ2n) is 1.40. The summed E-state index contributed by atoms with van der Waals surface area (Å²) in [7, 11) is 0. The van der Waals surface area contributed by atoms with E-state index in [1.54, 1.807) is 6.07 Å². The van der Waals surface area contributed by atoms with Crippen molar-refractivity contribution in [3.05, 3.63) is 22.7 Å². The standard InChI is InChI=1S/C4H2Cl2N2.CH2O3.2K/c5-3-1-2-7-4(6)8-3;2-1(3)4;;/h1-2H;(H2,2,3,4);;/q;;2*+1/p-2. The van der Waals surface area contributed by atoms with Gasteiger partial charge in [0.1, 0.15) is 5.15 Å². The van der Waals surface area contributed by atoms with Crippen LogP contribution in [0.25, 0.3) is 0 Å². The molecule has 0 unspecified atom stereocenters. The van der Waals surface area contributed by atoms with E-state index in [1.807, 2.05) is 0 Å². The molecular formula is C5H2Cl2K2N2O3. The Morgan fingerprint density at radius 2 is 1.71 bits per heavy atom. The molecule has 1 heterocycles. The van der Waals surface area contributed by atoms with Gasteiger partial charge in [-0.1, -0.05) is 11.6 Å². The van der Waals surface area contributed by atoms with Crippen molar-refractivity contribution >= 4 is 29.4 Å². The van der Waals surface area contributed by atoms with E-state index in [4.69, 9.17) is 38.2 Å². The molecule has 0 amide bonds. The van der Waals surface area contributed by atoms with Crippen LogP contribution in [0.2, 0.25) is 10.4 Å². The Kier molecular flexibility index (Phi) is 20.4. The predicted molar refractivity (Wildman–Crippen MR) is 37.4 cm³/mol. The number of nitrogens with zero attached hydrogens (tertiary/aromatic N) is 2. The first kappa shape index (κ1) is 21.5. The maximum atomic E-state index is 8.33. The van der Waals surface area contributed by atoms with Crippen LogP contribution in [-0.4, -0.2) is 16.1 Å². The van der Waals surface area contributed by atoms with Crippen LogP contribution in [0.15, 0.2) is 12.3 Å². The van der Waals surface area contributed by atoms with E-state index in [0.717, 1.165) is 0 Å². The molecule has 5 nitrogen and oxygen atoms in total. The van der Waals surface area contributed by atoms with Crippen molar-refractivity contribution in [1.82, 2.24) is 9.97 Å². The number of carboxylic acid groups (broad SMARTS) is 2. The Hall–Kier alpha value is 2.20. The van der Waals surface area contributed by atoms with Crippen LogP contribution in [0.4, 0.5) is 4.79 Å². The van der Waals surface area contributed by atoms with E-state index in [9.17, 15) is 0 Å². The largest absolute Gasteiger partial charge is 1.00 e. The zero-order valence-electron chi connectivity index (χ0n) is 7.53. The van der Waals surface area contributed by atoms with Crippen LogP contribution < -0.4 is 113 Å². The fraction of sp³-hybridized carbons (Fsp3) is 0. The van der Waals surface area contributed by atoms with Gasteiger partial charge in [0.05, 0.1) is 0 Å². The van der Waals surface area contributed by atoms with Crippen LogP contribution in [0, 0.1) is 0 Å². The second kappa shape index (κ2) is 13.3. The summed E-state index contributed by atoms with van der Waals surface area (Å²) in [6, 6.07) is 1.56. The Balaban J connectivity index is -0.000000180. The average molecular weight is 287 g/mol. The van der Waals surface area contributed by atoms with Gasteiger partial charge in [0, 0.05) is 6.20 Å². The van der Waals surface area contributed by atoms with Gasteiger partial charge in [-0.3, -0.25) is 0 Å². The average Bonchev–Trinajstić information content (AvgIpc) is 1.84. The molecule has 0 aliphatic heterocycles. The summed E-state index contributed by atoms with van der Waals surface area (Å²) in [6.07, 6.45) is -0.836. The fourth-order valence-electron chi connectivity index (χ4n) is 0.315. The minimum Gasteiger partial charge on any atom is -0.652 e. The molecule has 0 aromatic carbocycles. The molecule has 0 radical (unpaired) electrons. The Bertz CT molecular complexity index is 256. The van der Waals surface area contributed by atoms with Gasteiger partial charge in [-0.15, -0.1) is 0 Å². The maximum Gasteiger partial charge on any atom is 1.00 e. The molecule has 0 atom stereocenters. The van der Waals surface area contributed by atoms with E-state index >= 15 is 0 Å². The van der Waals surface area contributed by atoms with Gasteiger partial charge in [0.15, 0.2) is 0 Å². The predicted octanol–water partition coefficient (Wildman–Crippen LogP) is -6.66. The first-order chi connectivity index (χ1) is 5.52. The van der Waals surface area contributed by atoms with Crippen LogP contribution in [-0.2, 0) is 0 Å². The van der Waals surface area contributed by atoms with Crippen molar-refractivity contribution in [3.8, 4) is 0 Å². The summed E-state index contributed by atoms with van der Waals surface area (Å²) >= 11 is 10.7. The Morgan fingerprint density at radius 1 is 1.29 bits per heavy atom. The van der Waals surface area contributed by atoms with Crippen molar-refractivity contribution in [2.75, 3.05) is 0 Å². The normalized spacial score (nSPS) is 7.00. The molecule has 1 aromatic rings. The fourth-order valence-corrected chi connectivity index (χ4v) is 0.642. The van der Waals surface area contributed by atoms with E-state index < -0.39 is 6.16 Å². The molecule has 1 aromatic heterocycles. The van der Waals surface area contributed by atoms with Gasteiger partial charge in [-0.25, -0.2) is 9.97 Å². The van der Waals surface area contributed by atoms with Gasteiger partial charge in [-0.2, -0.15) is 0 Å². The molecule has 0 aliphatic rings. The minimum atomic E-state index is -2.33. The zero-order valence-corrected chi connectivity index (χ0v) is 15.3. The van der Waals surface area contributed by atoms with Crippen molar-refractivity contribution < 1.29 is 118 Å². The molecule has 0 saturated carbocycles. The maximum absolute atomic E-state index is 8.33. The van der Waals surface area contributed by atoms with E-state index in [1.165, 1.54) is 6.20 Å². The molecule has 66 valence electrons. The molecule has 0 fully saturated rings. The number of rotatable bonds is 0. The third-order valence-electron chi connectivity index (χ3n) is 0.592. The van der Waals surface area contributed by atoms with E-state index in [-0.39, 0.29) is 108 Å². The molecule has 0 bridgehead atoms. The van der Waals surface area contributed by atoms with E-state index in [0.29, 0.717) is 5.15 Å². The van der Waals surface area contributed by atoms with Crippen LogP contribution in [0.5, 0.6) is 0 Å². The monoisotopic (exact) mass is 286 g/mol. The number of hydrogen-bond acceptors (Lipinski definition) is 5. The molecule has 0 N–H and O–H groups in total. The van der Waals surface area contributed by atoms with Gasteiger partial charge in [-0.05, 0) is 23.8 Å². The van der Waals surface area contributed by atoms with Crippen LogP contribution in [0.3, 0.4) is 0 Å². The van der Waals surface area contributed by atoms with Crippen LogP contribution >= 0.6 is 23.2 Å². The molecule has 0 saturated heterocycles. The van der Waals surface area contributed by atoms with Crippen LogP contribution in [0.1, 0.15) is 0 Å². The van der Waals surface area contributed by atoms with Gasteiger partial charge in [0.2, 0.25) is 5.28 Å².